The molecule has 0 radical (unpaired) electrons. The van der Waals surface area contributed by atoms with Crippen LogP contribution in [0.25, 0.3) is 11.3 Å². The molecule has 180 valence electrons. The zero-order chi connectivity index (χ0) is 24.2. The van der Waals surface area contributed by atoms with Crippen LogP contribution in [0.4, 0.5) is 0 Å². The molecule has 34 heavy (non-hydrogen) atoms. The minimum absolute atomic E-state index is 0.00862. The summed E-state index contributed by atoms with van der Waals surface area (Å²) in [6.07, 6.45) is 1.46. The van der Waals surface area contributed by atoms with Gasteiger partial charge in [-0.1, -0.05) is 0 Å². The third-order valence-electron chi connectivity index (χ3n) is 5.73. The summed E-state index contributed by atoms with van der Waals surface area (Å²) in [6, 6.07) is 7.16. The summed E-state index contributed by atoms with van der Waals surface area (Å²) < 4.78 is 22.2. The van der Waals surface area contributed by atoms with Crippen LogP contribution in [-0.2, 0) is 0 Å². The van der Waals surface area contributed by atoms with Gasteiger partial charge < -0.3 is 23.8 Å². The molecule has 1 N–H and O–H groups in total. The molecule has 1 fully saturated rings. The lowest BCUT2D eigenvalue weighted by Crippen LogP contribution is -2.42. The lowest BCUT2D eigenvalue weighted by atomic mass is 10.1. The molecule has 0 atom stereocenters. The maximum absolute atomic E-state index is 13.1. The number of hydrogen-bond donors (Lipinski definition) is 1. The number of benzene rings is 1. The fourth-order valence-corrected chi connectivity index (χ4v) is 4.07. The molecule has 4 rings (SSSR count). The topological polar surface area (TPSA) is 112 Å². The maximum atomic E-state index is 13.1. The number of carbonyl (C=O) groups is 1. The standard InChI is InChI=1S/C24H29N5O5/c1-14-10-22(26-15(2)25-14)34-17-6-8-29(9-7-17)24(30)19-13-18(27-28-19)16-11-20(31-3)23(33-5)21(12-16)32-4/h10-13,17H,6-9H2,1-5H3,(H,27,28). The SMILES string of the molecule is COc1cc(-c2cc(C(=O)N3CCC(Oc4cc(C)nc(C)n4)CC3)[nH]n2)cc(OC)c1OC. The van der Waals surface area contributed by atoms with E-state index in [-0.39, 0.29) is 12.0 Å². The number of H-pyrrole nitrogens is 1. The van der Waals surface area contributed by atoms with E-state index >= 15 is 0 Å². The van der Waals surface area contributed by atoms with Crippen molar-refractivity contribution < 1.29 is 23.7 Å². The fraction of sp³-hybridized carbons (Fsp3) is 0.417. The Morgan fingerprint density at radius 2 is 1.65 bits per heavy atom. The molecule has 10 nitrogen and oxygen atoms in total. The van der Waals surface area contributed by atoms with Crippen LogP contribution < -0.4 is 18.9 Å². The van der Waals surface area contributed by atoms with Crippen molar-refractivity contribution in [1.29, 1.82) is 0 Å². The van der Waals surface area contributed by atoms with Crippen LogP contribution in [0.5, 0.6) is 23.1 Å². The second kappa shape index (κ2) is 9.98. The molecule has 10 heteroatoms. The first-order valence-corrected chi connectivity index (χ1v) is 11.1. The fourth-order valence-electron chi connectivity index (χ4n) is 4.07. The third kappa shape index (κ3) is 4.90. The van der Waals surface area contributed by atoms with Crippen molar-refractivity contribution >= 4 is 5.91 Å². The molecule has 0 unspecified atom stereocenters. The predicted octanol–water partition coefficient (Wildman–Crippen LogP) is 3.19. The van der Waals surface area contributed by atoms with Crippen LogP contribution in [0.3, 0.4) is 0 Å². The van der Waals surface area contributed by atoms with E-state index in [1.165, 1.54) is 0 Å². The highest BCUT2D eigenvalue weighted by molar-refractivity contribution is 5.93. The Morgan fingerprint density at radius 1 is 0.971 bits per heavy atom. The molecule has 1 saturated heterocycles. The Morgan fingerprint density at radius 3 is 2.24 bits per heavy atom. The summed E-state index contributed by atoms with van der Waals surface area (Å²) in [5, 5.41) is 7.20. The highest BCUT2D eigenvalue weighted by atomic mass is 16.5. The number of hydrogen-bond acceptors (Lipinski definition) is 8. The molecule has 1 aliphatic rings. The number of amides is 1. The highest BCUT2D eigenvalue weighted by Crippen LogP contribution is 2.40. The molecular formula is C24H29N5O5. The Hall–Kier alpha value is -3.82. The largest absolute Gasteiger partial charge is 0.493 e. The smallest absolute Gasteiger partial charge is 0.271 e. The van der Waals surface area contributed by atoms with E-state index in [1.54, 1.807) is 39.5 Å². The molecule has 0 bridgehead atoms. The van der Waals surface area contributed by atoms with Crippen LogP contribution >= 0.6 is 0 Å². The van der Waals surface area contributed by atoms with Gasteiger partial charge in [0.05, 0.1) is 27.0 Å². The first-order chi connectivity index (χ1) is 16.4. The van der Waals surface area contributed by atoms with E-state index < -0.39 is 0 Å². The summed E-state index contributed by atoms with van der Waals surface area (Å²) in [4.78, 5) is 23.5. The number of rotatable bonds is 7. The van der Waals surface area contributed by atoms with Gasteiger partial charge in [-0.15, -0.1) is 0 Å². The van der Waals surface area contributed by atoms with E-state index in [2.05, 4.69) is 20.2 Å². The van der Waals surface area contributed by atoms with Gasteiger partial charge in [0.25, 0.3) is 5.91 Å². The van der Waals surface area contributed by atoms with Crippen molar-refractivity contribution in [3.05, 3.63) is 41.5 Å². The molecule has 1 aromatic carbocycles. The van der Waals surface area contributed by atoms with Gasteiger partial charge in [-0.3, -0.25) is 9.89 Å². The quantitative estimate of drug-likeness (QED) is 0.564. The van der Waals surface area contributed by atoms with Gasteiger partial charge in [0.15, 0.2) is 11.5 Å². The van der Waals surface area contributed by atoms with Crippen molar-refractivity contribution in [3.63, 3.8) is 0 Å². The first kappa shape index (κ1) is 23.3. The summed E-state index contributed by atoms with van der Waals surface area (Å²) in [7, 11) is 4.66. The number of nitrogens with one attached hydrogen (secondary N) is 1. The summed E-state index contributed by atoms with van der Waals surface area (Å²) >= 11 is 0. The normalized spacial score (nSPS) is 14.1. The number of aryl methyl sites for hydroxylation is 2. The molecule has 3 heterocycles. The Balaban J connectivity index is 1.42. The lowest BCUT2D eigenvalue weighted by Gasteiger charge is -2.31. The Bertz CT molecular complexity index is 1130. The summed E-state index contributed by atoms with van der Waals surface area (Å²) in [5.74, 6) is 2.70. The average molecular weight is 468 g/mol. The van der Waals surface area contributed by atoms with Gasteiger partial charge >= 0.3 is 0 Å². The number of carbonyl (C=O) groups excluding carboxylic acids is 1. The van der Waals surface area contributed by atoms with Crippen LogP contribution in [0.2, 0.25) is 0 Å². The molecule has 2 aromatic heterocycles. The van der Waals surface area contributed by atoms with Crippen LogP contribution in [0.15, 0.2) is 24.3 Å². The van der Waals surface area contributed by atoms with Crippen LogP contribution in [0, 0.1) is 13.8 Å². The number of piperidine rings is 1. The predicted molar refractivity (Wildman–Crippen MR) is 125 cm³/mol. The van der Waals surface area contributed by atoms with E-state index in [1.807, 2.05) is 24.8 Å². The molecule has 3 aromatic rings. The molecule has 1 amide bonds. The highest BCUT2D eigenvalue weighted by Gasteiger charge is 2.26. The molecular weight excluding hydrogens is 438 g/mol. The molecule has 0 spiro atoms. The second-order valence-electron chi connectivity index (χ2n) is 8.09. The van der Waals surface area contributed by atoms with Gasteiger partial charge in [0, 0.05) is 43.3 Å². The van der Waals surface area contributed by atoms with Gasteiger partial charge in [-0.25, -0.2) is 4.98 Å². The Labute approximate surface area is 198 Å². The monoisotopic (exact) mass is 467 g/mol. The van der Waals surface area contributed by atoms with Gasteiger partial charge in [-0.05, 0) is 32.0 Å². The third-order valence-corrected chi connectivity index (χ3v) is 5.73. The zero-order valence-corrected chi connectivity index (χ0v) is 20.0. The van der Waals surface area contributed by atoms with Crippen LogP contribution in [-0.4, -0.2) is 71.5 Å². The Kier molecular flexibility index (Phi) is 6.85. The number of methoxy groups -OCH3 is 3. The average Bonchev–Trinajstić information content (AvgIpc) is 3.33. The first-order valence-electron chi connectivity index (χ1n) is 11.1. The van der Waals surface area contributed by atoms with E-state index in [4.69, 9.17) is 18.9 Å². The van der Waals surface area contributed by atoms with Gasteiger partial charge in [0.1, 0.15) is 17.6 Å². The number of ether oxygens (including phenoxy) is 4. The number of likely N-dealkylation sites (tertiary alicyclic amines) is 1. The number of nitrogens with zero attached hydrogens (tertiary/aromatic N) is 4. The van der Waals surface area contributed by atoms with Gasteiger partial charge in [0.2, 0.25) is 11.6 Å². The second-order valence-corrected chi connectivity index (χ2v) is 8.09. The van der Waals surface area contributed by atoms with Crippen molar-refractivity contribution in [1.82, 2.24) is 25.1 Å². The van der Waals surface area contributed by atoms with E-state index in [0.717, 1.165) is 24.1 Å². The zero-order valence-electron chi connectivity index (χ0n) is 20.0. The van der Waals surface area contributed by atoms with Crippen LogP contribution in [0.1, 0.15) is 34.8 Å². The van der Waals surface area contributed by atoms with Crippen molar-refractivity contribution in [3.8, 4) is 34.4 Å². The van der Waals surface area contributed by atoms with Crippen molar-refractivity contribution in [2.45, 2.75) is 32.8 Å². The minimum atomic E-state index is -0.0987. The molecule has 1 aliphatic heterocycles. The molecule has 0 aliphatic carbocycles. The number of aromatic nitrogens is 4. The van der Waals surface area contributed by atoms with Gasteiger partial charge in [-0.2, -0.15) is 10.1 Å². The van der Waals surface area contributed by atoms with Crippen molar-refractivity contribution in [2.75, 3.05) is 34.4 Å². The van der Waals surface area contributed by atoms with E-state index in [0.29, 0.717) is 53.4 Å². The van der Waals surface area contributed by atoms with Crippen molar-refractivity contribution in [2.24, 2.45) is 0 Å². The lowest BCUT2D eigenvalue weighted by molar-refractivity contribution is 0.0582. The summed E-state index contributed by atoms with van der Waals surface area (Å²) in [5.41, 5.74) is 2.64. The molecule has 0 saturated carbocycles. The minimum Gasteiger partial charge on any atom is -0.493 e. The summed E-state index contributed by atoms with van der Waals surface area (Å²) in [6.45, 7) is 4.94. The number of aromatic amines is 1. The van der Waals surface area contributed by atoms with E-state index in [9.17, 15) is 4.79 Å². The maximum Gasteiger partial charge on any atom is 0.271 e.